The predicted octanol–water partition coefficient (Wildman–Crippen LogP) is 2.42. The molecule has 0 aromatic heterocycles. The summed E-state index contributed by atoms with van der Waals surface area (Å²) in [6.07, 6.45) is 2.04. The molecule has 1 aliphatic heterocycles. The Kier molecular flexibility index (Phi) is 3.15. The van der Waals surface area contributed by atoms with Crippen LogP contribution in [0.5, 0.6) is 11.5 Å². The molecule has 3 nitrogen and oxygen atoms in total. The fourth-order valence-electron chi connectivity index (χ4n) is 1.61. The van der Waals surface area contributed by atoms with Crippen LogP contribution < -0.4 is 15.2 Å². The van der Waals surface area contributed by atoms with Gasteiger partial charge in [-0.05, 0) is 32.1 Å². The van der Waals surface area contributed by atoms with E-state index < -0.39 is 0 Å². The van der Waals surface area contributed by atoms with E-state index in [1.807, 2.05) is 38.1 Å². The lowest BCUT2D eigenvalue weighted by Gasteiger charge is -2.06. The summed E-state index contributed by atoms with van der Waals surface area (Å²) < 4.78 is 11.0. The van der Waals surface area contributed by atoms with Gasteiger partial charge in [-0.15, -0.1) is 0 Å². The van der Waals surface area contributed by atoms with Crippen LogP contribution in [0.3, 0.4) is 0 Å². The van der Waals surface area contributed by atoms with Gasteiger partial charge >= 0.3 is 0 Å². The molecule has 1 aromatic rings. The first kappa shape index (κ1) is 11.0. The minimum Gasteiger partial charge on any atom is -0.491 e. The molecule has 1 atom stereocenters. The molecule has 0 bridgehead atoms. The van der Waals surface area contributed by atoms with Gasteiger partial charge in [-0.25, -0.2) is 0 Å². The van der Waals surface area contributed by atoms with Crippen molar-refractivity contribution in [2.75, 3.05) is 13.2 Å². The van der Waals surface area contributed by atoms with Gasteiger partial charge in [-0.2, -0.15) is 0 Å². The van der Waals surface area contributed by atoms with Crippen LogP contribution in [-0.2, 0) is 0 Å². The SMILES string of the molecule is CC(C)=CCOc1ccc2c(c1)OCC2N. The van der Waals surface area contributed by atoms with Gasteiger partial charge in [0.05, 0.1) is 6.04 Å². The summed E-state index contributed by atoms with van der Waals surface area (Å²) in [5.74, 6) is 1.67. The van der Waals surface area contributed by atoms with Crippen LogP contribution in [0.2, 0.25) is 0 Å². The quantitative estimate of drug-likeness (QED) is 0.794. The minimum absolute atomic E-state index is 0.00170. The van der Waals surface area contributed by atoms with Crippen molar-refractivity contribution in [1.29, 1.82) is 0 Å². The summed E-state index contributed by atoms with van der Waals surface area (Å²) >= 11 is 0. The number of benzene rings is 1. The van der Waals surface area contributed by atoms with Crippen molar-refractivity contribution in [3.8, 4) is 11.5 Å². The van der Waals surface area contributed by atoms with Gasteiger partial charge in [-0.1, -0.05) is 5.57 Å². The highest BCUT2D eigenvalue weighted by molar-refractivity contribution is 5.44. The second kappa shape index (κ2) is 4.58. The van der Waals surface area contributed by atoms with Crippen LogP contribution in [0.4, 0.5) is 0 Å². The molecule has 0 saturated carbocycles. The highest BCUT2D eigenvalue weighted by Crippen LogP contribution is 2.33. The van der Waals surface area contributed by atoms with Crippen LogP contribution in [0.25, 0.3) is 0 Å². The second-order valence-corrected chi connectivity index (χ2v) is 4.21. The summed E-state index contributed by atoms with van der Waals surface area (Å²) in [5, 5.41) is 0. The van der Waals surface area contributed by atoms with E-state index in [1.54, 1.807) is 0 Å². The smallest absolute Gasteiger partial charge is 0.127 e. The second-order valence-electron chi connectivity index (χ2n) is 4.21. The van der Waals surface area contributed by atoms with Crippen LogP contribution in [0.1, 0.15) is 25.5 Å². The maximum atomic E-state index is 5.86. The molecule has 0 fully saturated rings. The number of allylic oxidation sites excluding steroid dienone is 1. The molecule has 1 aliphatic rings. The lowest BCUT2D eigenvalue weighted by Crippen LogP contribution is -2.10. The Bertz CT molecular complexity index is 408. The molecular formula is C13H17NO2. The van der Waals surface area contributed by atoms with Crippen LogP contribution in [0.15, 0.2) is 29.8 Å². The van der Waals surface area contributed by atoms with E-state index >= 15 is 0 Å². The van der Waals surface area contributed by atoms with E-state index in [4.69, 9.17) is 15.2 Å². The maximum Gasteiger partial charge on any atom is 0.127 e. The third-order valence-corrected chi connectivity index (χ3v) is 2.54. The summed E-state index contributed by atoms with van der Waals surface area (Å²) in [5.41, 5.74) is 8.17. The number of fused-ring (bicyclic) bond motifs is 1. The highest BCUT2D eigenvalue weighted by Gasteiger charge is 2.20. The average Bonchev–Trinajstić information content (AvgIpc) is 2.60. The molecule has 1 aromatic carbocycles. The number of ether oxygens (including phenoxy) is 2. The number of nitrogens with two attached hydrogens (primary N) is 1. The highest BCUT2D eigenvalue weighted by atomic mass is 16.5. The normalized spacial score (nSPS) is 17.6. The van der Waals surface area contributed by atoms with E-state index in [9.17, 15) is 0 Å². The Labute approximate surface area is 95.9 Å². The van der Waals surface area contributed by atoms with Crippen molar-refractivity contribution < 1.29 is 9.47 Å². The van der Waals surface area contributed by atoms with Crippen molar-refractivity contribution in [3.63, 3.8) is 0 Å². The van der Waals surface area contributed by atoms with Crippen LogP contribution in [-0.4, -0.2) is 13.2 Å². The van der Waals surface area contributed by atoms with Gasteiger partial charge in [-0.3, -0.25) is 0 Å². The zero-order valence-corrected chi connectivity index (χ0v) is 9.69. The monoisotopic (exact) mass is 219 g/mol. The number of hydrogen-bond acceptors (Lipinski definition) is 3. The summed E-state index contributed by atoms with van der Waals surface area (Å²) in [4.78, 5) is 0. The molecule has 1 unspecified atom stereocenters. The minimum atomic E-state index is 0.00170. The Balaban J connectivity index is 2.05. The molecule has 0 spiro atoms. The van der Waals surface area contributed by atoms with E-state index in [-0.39, 0.29) is 6.04 Å². The van der Waals surface area contributed by atoms with Crippen molar-refractivity contribution in [1.82, 2.24) is 0 Å². The third kappa shape index (κ3) is 2.36. The fourth-order valence-corrected chi connectivity index (χ4v) is 1.61. The van der Waals surface area contributed by atoms with Crippen molar-refractivity contribution in [2.45, 2.75) is 19.9 Å². The Morgan fingerprint density at radius 1 is 1.56 bits per heavy atom. The van der Waals surface area contributed by atoms with Gasteiger partial charge in [0.2, 0.25) is 0 Å². The van der Waals surface area contributed by atoms with Crippen molar-refractivity contribution >= 4 is 0 Å². The van der Waals surface area contributed by atoms with Gasteiger partial charge in [0.25, 0.3) is 0 Å². The first-order chi connectivity index (χ1) is 7.66. The van der Waals surface area contributed by atoms with Gasteiger partial charge in [0.15, 0.2) is 0 Å². The molecule has 2 rings (SSSR count). The molecule has 0 radical (unpaired) electrons. The first-order valence-corrected chi connectivity index (χ1v) is 5.45. The molecule has 2 N–H and O–H groups in total. The van der Waals surface area contributed by atoms with Crippen molar-refractivity contribution in [2.24, 2.45) is 5.73 Å². The van der Waals surface area contributed by atoms with E-state index in [2.05, 4.69) is 0 Å². The number of hydrogen-bond donors (Lipinski definition) is 1. The van der Waals surface area contributed by atoms with Gasteiger partial charge in [0.1, 0.15) is 24.7 Å². The van der Waals surface area contributed by atoms with Gasteiger partial charge < -0.3 is 15.2 Å². The zero-order valence-electron chi connectivity index (χ0n) is 9.69. The molecule has 3 heteroatoms. The fraction of sp³-hybridized carbons (Fsp3) is 0.385. The Hall–Kier alpha value is -1.48. The molecule has 0 amide bonds. The lowest BCUT2D eigenvalue weighted by atomic mass is 10.1. The first-order valence-electron chi connectivity index (χ1n) is 5.45. The summed E-state index contributed by atoms with van der Waals surface area (Å²) in [6, 6.07) is 5.82. The van der Waals surface area contributed by atoms with Crippen LogP contribution in [0, 0.1) is 0 Å². The predicted molar refractivity (Wildman–Crippen MR) is 63.8 cm³/mol. The van der Waals surface area contributed by atoms with E-state index in [0.29, 0.717) is 13.2 Å². The number of rotatable bonds is 3. The van der Waals surface area contributed by atoms with E-state index in [0.717, 1.165) is 17.1 Å². The third-order valence-electron chi connectivity index (χ3n) is 2.54. The summed E-state index contributed by atoms with van der Waals surface area (Å²) in [6.45, 7) is 5.25. The molecule has 16 heavy (non-hydrogen) atoms. The summed E-state index contributed by atoms with van der Waals surface area (Å²) in [7, 11) is 0. The topological polar surface area (TPSA) is 44.5 Å². The molecule has 86 valence electrons. The lowest BCUT2D eigenvalue weighted by molar-refractivity contribution is 0.328. The zero-order chi connectivity index (χ0) is 11.5. The largest absolute Gasteiger partial charge is 0.491 e. The maximum absolute atomic E-state index is 5.86. The molecule has 0 saturated heterocycles. The average molecular weight is 219 g/mol. The van der Waals surface area contributed by atoms with E-state index in [1.165, 1.54) is 5.57 Å². The Morgan fingerprint density at radius 3 is 3.12 bits per heavy atom. The van der Waals surface area contributed by atoms with Crippen molar-refractivity contribution in [3.05, 3.63) is 35.4 Å². The molecular weight excluding hydrogens is 202 g/mol. The van der Waals surface area contributed by atoms with Crippen LogP contribution >= 0.6 is 0 Å². The molecule has 0 aliphatic carbocycles. The molecule has 1 heterocycles. The Morgan fingerprint density at radius 2 is 2.38 bits per heavy atom. The van der Waals surface area contributed by atoms with Gasteiger partial charge in [0, 0.05) is 11.6 Å². The standard InChI is InChI=1S/C13H17NO2/c1-9(2)5-6-15-10-3-4-11-12(14)8-16-13(11)7-10/h3-5,7,12H,6,8,14H2,1-2H3.